The molecule has 1 fully saturated rings. The minimum absolute atomic E-state index is 0.421. The summed E-state index contributed by atoms with van der Waals surface area (Å²) in [6, 6.07) is 6.43. The summed E-state index contributed by atoms with van der Waals surface area (Å²) in [5.74, 6) is 1.59. The molecule has 3 nitrogen and oxygen atoms in total. The van der Waals surface area contributed by atoms with E-state index in [0.29, 0.717) is 6.04 Å². The van der Waals surface area contributed by atoms with Gasteiger partial charge in [-0.25, -0.2) is 0 Å². The molecule has 0 aromatic heterocycles. The summed E-state index contributed by atoms with van der Waals surface area (Å²) in [6.45, 7) is 7.28. The first-order valence-electron chi connectivity index (χ1n) is 7.16. The zero-order chi connectivity index (χ0) is 14.0. The summed E-state index contributed by atoms with van der Waals surface area (Å²) in [7, 11) is 1.66. The standard InChI is InChI=1S/C16H25NO2/c1-11(2)17(10-13-8-9-13)14-6-5-7-15(19-4)16(14)12(3)18/h5-7,11-13,18H,8-10H2,1-4H3. The van der Waals surface area contributed by atoms with Crippen molar-refractivity contribution in [2.75, 3.05) is 18.6 Å². The van der Waals surface area contributed by atoms with Crippen LogP contribution in [0.25, 0.3) is 0 Å². The molecule has 0 radical (unpaired) electrons. The van der Waals surface area contributed by atoms with E-state index >= 15 is 0 Å². The third kappa shape index (κ3) is 3.21. The van der Waals surface area contributed by atoms with E-state index in [1.165, 1.54) is 12.8 Å². The van der Waals surface area contributed by atoms with E-state index in [-0.39, 0.29) is 0 Å². The molecule has 1 N–H and O–H groups in total. The molecule has 0 heterocycles. The number of methoxy groups -OCH3 is 1. The fourth-order valence-electron chi connectivity index (χ4n) is 2.55. The Labute approximate surface area is 116 Å². The Morgan fingerprint density at radius 3 is 2.47 bits per heavy atom. The van der Waals surface area contributed by atoms with Crippen LogP contribution in [0.1, 0.15) is 45.3 Å². The zero-order valence-electron chi connectivity index (χ0n) is 12.4. The van der Waals surface area contributed by atoms with E-state index < -0.39 is 6.10 Å². The van der Waals surface area contributed by atoms with E-state index in [1.807, 2.05) is 12.1 Å². The summed E-state index contributed by atoms with van der Waals surface area (Å²) < 4.78 is 5.41. The van der Waals surface area contributed by atoms with Crippen LogP contribution in [0.5, 0.6) is 5.75 Å². The van der Waals surface area contributed by atoms with Crippen LogP contribution < -0.4 is 9.64 Å². The number of anilines is 1. The van der Waals surface area contributed by atoms with Crippen LogP contribution in [0.4, 0.5) is 5.69 Å². The maximum Gasteiger partial charge on any atom is 0.126 e. The van der Waals surface area contributed by atoms with Gasteiger partial charge in [0.2, 0.25) is 0 Å². The monoisotopic (exact) mass is 263 g/mol. The van der Waals surface area contributed by atoms with Gasteiger partial charge in [0.15, 0.2) is 0 Å². The average molecular weight is 263 g/mol. The van der Waals surface area contributed by atoms with Crippen molar-refractivity contribution in [1.82, 2.24) is 0 Å². The van der Waals surface area contributed by atoms with Crippen LogP contribution in [-0.2, 0) is 0 Å². The summed E-state index contributed by atoms with van der Waals surface area (Å²) >= 11 is 0. The predicted molar refractivity (Wildman–Crippen MR) is 78.8 cm³/mol. The first-order chi connectivity index (χ1) is 9.04. The molecular formula is C16H25NO2. The van der Waals surface area contributed by atoms with Gasteiger partial charge in [-0.05, 0) is 51.7 Å². The number of nitrogens with zero attached hydrogens (tertiary/aromatic N) is 1. The Bertz CT molecular complexity index is 425. The highest BCUT2D eigenvalue weighted by Gasteiger charge is 2.28. The summed E-state index contributed by atoms with van der Waals surface area (Å²) in [6.07, 6.45) is 2.14. The van der Waals surface area contributed by atoms with Gasteiger partial charge in [-0.1, -0.05) is 6.07 Å². The van der Waals surface area contributed by atoms with Crippen molar-refractivity contribution in [3.63, 3.8) is 0 Å². The van der Waals surface area contributed by atoms with Gasteiger partial charge in [0.1, 0.15) is 5.75 Å². The quantitative estimate of drug-likeness (QED) is 0.854. The Morgan fingerprint density at radius 1 is 1.32 bits per heavy atom. The van der Waals surface area contributed by atoms with Crippen LogP contribution in [0.15, 0.2) is 18.2 Å². The van der Waals surface area contributed by atoms with Gasteiger partial charge in [0, 0.05) is 23.8 Å². The van der Waals surface area contributed by atoms with Crippen molar-refractivity contribution in [2.24, 2.45) is 5.92 Å². The molecule has 1 unspecified atom stereocenters. The van der Waals surface area contributed by atoms with Crippen LogP contribution in [-0.4, -0.2) is 24.8 Å². The number of ether oxygens (including phenoxy) is 1. The summed E-state index contributed by atoms with van der Waals surface area (Å²) in [4.78, 5) is 2.39. The molecule has 19 heavy (non-hydrogen) atoms. The molecule has 3 heteroatoms. The lowest BCUT2D eigenvalue weighted by molar-refractivity contribution is 0.194. The topological polar surface area (TPSA) is 32.7 Å². The molecule has 1 aromatic rings. The van der Waals surface area contributed by atoms with Crippen LogP contribution in [0.3, 0.4) is 0 Å². The number of aliphatic hydroxyl groups excluding tert-OH is 1. The molecule has 2 rings (SSSR count). The van der Waals surface area contributed by atoms with Gasteiger partial charge < -0.3 is 14.7 Å². The van der Waals surface area contributed by atoms with E-state index in [1.54, 1.807) is 14.0 Å². The molecule has 1 aliphatic rings. The molecular weight excluding hydrogens is 238 g/mol. The Balaban J connectivity index is 2.39. The van der Waals surface area contributed by atoms with E-state index in [4.69, 9.17) is 4.74 Å². The SMILES string of the molecule is COc1cccc(N(CC2CC2)C(C)C)c1C(C)O. The van der Waals surface area contributed by atoms with Gasteiger partial charge in [0.05, 0.1) is 13.2 Å². The number of benzene rings is 1. The molecule has 106 valence electrons. The van der Waals surface area contributed by atoms with E-state index in [2.05, 4.69) is 24.8 Å². The maximum atomic E-state index is 10.1. The second-order valence-corrected chi connectivity index (χ2v) is 5.76. The number of aliphatic hydroxyl groups is 1. The van der Waals surface area contributed by atoms with Gasteiger partial charge in [-0.15, -0.1) is 0 Å². The fraction of sp³-hybridized carbons (Fsp3) is 0.625. The number of rotatable bonds is 6. The minimum atomic E-state index is -0.522. The third-order valence-corrected chi connectivity index (χ3v) is 3.77. The predicted octanol–water partition coefficient (Wildman–Crippen LogP) is 3.37. The van der Waals surface area contributed by atoms with Crippen molar-refractivity contribution in [1.29, 1.82) is 0 Å². The Kier molecular flexibility index (Phi) is 4.35. The molecule has 0 bridgehead atoms. The first kappa shape index (κ1) is 14.2. The van der Waals surface area contributed by atoms with Crippen molar-refractivity contribution >= 4 is 5.69 Å². The molecule has 1 aliphatic carbocycles. The Hall–Kier alpha value is -1.22. The summed E-state index contributed by atoms with van der Waals surface area (Å²) in [5, 5.41) is 10.1. The highest BCUT2D eigenvalue weighted by molar-refractivity contribution is 5.61. The number of hydrogen-bond donors (Lipinski definition) is 1. The lowest BCUT2D eigenvalue weighted by Gasteiger charge is -2.32. The molecule has 0 spiro atoms. The highest BCUT2D eigenvalue weighted by atomic mass is 16.5. The molecule has 1 aromatic carbocycles. The lowest BCUT2D eigenvalue weighted by atomic mass is 10.0. The molecule has 0 amide bonds. The number of hydrogen-bond acceptors (Lipinski definition) is 3. The van der Waals surface area contributed by atoms with Crippen molar-refractivity contribution in [2.45, 2.75) is 45.8 Å². The van der Waals surface area contributed by atoms with Crippen LogP contribution in [0, 0.1) is 5.92 Å². The third-order valence-electron chi connectivity index (χ3n) is 3.77. The minimum Gasteiger partial charge on any atom is -0.496 e. The molecule has 1 saturated carbocycles. The van der Waals surface area contributed by atoms with E-state index in [9.17, 15) is 5.11 Å². The fourth-order valence-corrected chi connectivity index (χ4v) is 2.55. The van der Waals surface area contributed by atoms with Gasteiger partial charge in [-0.3, -0.25) is 0 Å². The first-order valence-corrected chi connectivity index (χ1v) is 7.16. The van der Waals surface area contributed by atoms with Crippen LogP contribution in [0.2, 0.25) is 0 Å². The van der Waals surface area contributed by atoms with Crippen molar-refractivity contribution in [3.05, 3.63) is 23.8 Å². The average Bonchev–Trinajstić information content (AvgIpc) is 3.18. The molecule has 0 saturated heterocycles. The smallest absolute Gasteiger partial charge is 0.126 e. The van der Waals surface area contributed by atoms with Gasteiger partial charge >= 0.3 is 0 Å². The van der Waals surface area contributed by atoms with Crippen molar-refractivity contribution < 1.29 is 9.84 Å². The van der Waals surface area contributed by atoms with Gasteiger partial charge in [0.25, 0.3) is 0 Å². The Morgan fingerprint density at radius 2 is 2.00 bits per heavy atom. The van der Waals surface area contributed by atoms with Gasteiger partial charge in [-0.2, -0.15) is 0 Å². The molecule has 1 atom stereocenters. The second-order valence-electron chi connectivity index (χ2n) is 5.76. The normalized spacial score (nSPS) is 16.5. The molecule has 0 aliphatic heterocycles. The summed E-state index contributed by atoms with van der Waals surface area (Å²) in [5.41, 5.74) is 2.01. The lowest BCUT2D eigenvalue weighted by Crippen LogP contribution is -2.33. The van der Waals surface area contributed by atoms with E-state index in [0.717, 1.165) is 29.5 Å². The van der Waals surface area contributed by atoms with Crippen LogP contribution >= 0.6 is 0 Å². The second kappa shape index (κ2) is 5.83. The van der Waals surface area contributed by atoms with Crippen molar-refractivity contribution in [3.8, 4) is 5.75 Å². The largest absolute Gasteiger partial charge is 0.496 e. The maximum absolute atomic E-state index is 10.1. The zero-order valence-corrected chi connectivity index (χ0v) is 12.4. The highest BCUT2D eigenvalue weighted by Crippen LogP contribution is 2.38.